The maximum Gasteiger partial charge on any atom is 0.164 e. The fourth-order valence-corrected chi connectivity index (χ4v) is 5.66. The summed E-state index contributed by atoms with van der Waals surface area (Å²) in [4.78, 5) is 8.74. The van der Waals surface area contributed by atoms with Crippen LogP contribution in [0.5, 0.6) is 11.5 Å². The lowest BCUT2D eigenvalue weighted by molar-refractivity contribution is 0.0299. The normalized spacial score (nSPS) is 24.2. The molecule has 0 amide bonds. The van der Waals surface area contributed by atoms with Crippen molar-refractivity contribution in [2.24, 2.45) is 0 Å². The van der Waals surface area contributed by atoms with Gasteiger partial charge >= 0.3 is 0 Å². The van der Waals surface area contributed by atoms with Crippen LogP contribution in [0.2, 0.25) is 5.02 Å². The standard InChI is InChI=1S/C22H21BrClN3O6S/c1-30-16-6-12-15(25-10-26-22(12)27-11-3-4-13(23)14(24)5-11)7-17(16)33-18-8-31-21-19(34(2,28)29)9-32-20(18)21/h3-7,10,18-21H,8-9H2,1-2H3,(H,25,26,27)/t18-,19-,20+,21+/m0/s1. The molecule has 0 spiro atoms. The van der Waals surface area contributed by atoms with Crippen LogP contribution in [-0.4, -0.2) is 68.5 Å². The van der Waals surface area contributed by atoms with Gasteiger partial charge in [-0.1, -0.05) is 11.6 Å². The molecule has 4 atom stereocenters. The van der Waals surface area contributed by atoms with Crippen LogP contribution in [0.4, 0.5) is 11.5 Å². The molecule has 3 heterocycles. The van der Waals surface area contributed by atoms with Gasteiger partial charge in [0, 0.05) is 27.9 Å². The molecule has 2 aliphatic rings. The first-order valence-corrected chi connectivity index (χ1v) is 13.5. The highest BCUT2D eigenvalue weighted by Gasteiger charge is 2.52. The summed E-state index contributed by atoms with van der Waals surface area (Å²) in [5.74, 6) is 1.50. The number of methoxy groups -OCH3 is 1. The Morgan fingerprint density at radius 2 is 1.91 bits per heavy atom. The largest absolute Gasteiger partial charge is 0.493 e. The van der Waals surface area contributed by atoms with Gasteiger partial charge in [-0.2, -0.15) is 0 Å². The smallest absolute Gasteiger partial charge is 0.164 e. The summed E-state index contributed by atoms with van der Waals surface area (Å²) in [6.45, 7) is 0.300. The van der Waals surface area contributed by atoms with E-state index in [1.807, 2.05) is 12.1 Å². The Labute approximate surface area is 209 Å². The van der Waals surface area contributed by atoms with E-state index in [1.165, 1.54) is 12.6 Å². The van der Waals surface area contributed by atoms with Crippen molar-refractivity contribution in [3.63, 3.8) is 0 Å². The SMILES string of the molecule is COc1cc2c(Nc3ccc(Br)c(Cl)c3)ncnc2cc1O[C@H]1CO[C@H]2[C@@H]1OC[C@@H]2S(C)(=O)=O. The first-order chi connectivity index (χ1) is 16.2. The summed E-state index contributed by atoms with van der Waals surface area (Å²) >= 11 is 9.59. The number of hydrogen-bond acceptors (Lipinski definition) is 9. The topological polar surface area (TPSA) is 109 Å². The van der Waals surface area contributed by atoms with E-state index in [4.69, 9.17) is 30.5 Å². The Morgan fingerprint density at radius 1 is 1.12 bits per heavy atom. The third kappa shape index (κ3) is 4.42. The van der Waals surface area contributed by atoms with Crippen LogP contribution in [0.3, 0.4) is 0 Å². The number of rotatable bonds is 6. The van der Waals surface area contributed by atoms with Crippen molar-refractivity contribution in [3.05, 3.63) is 46.2 Å². The quantitative estimate of drug-likeness (QED) is 0.474. The first-order valence-electron chi connectivity index (χ1n) is 10.4. The maximum absolute atomic E-state index is 12.0. The lowest BCUT2D eigenvalue weighted by Crippen LogP contribution is -2.37. The number of ether oxygens (including phenoxy) is 4. The Kier molecular flexibility index (Phi) is 6.32. The van der Waals surface area contributed by atoms with Crippen LogP contribution in [0.1, 0.15) is 0 Å². The zero-order chi connectivity index (χ0) is 24.0. The number of benzene rings is 2. The highest BCUT2D eigenvalue weighted by atomic mass is 79.9. The summed E-state index contributed by atoms with van der Waals surface area (Å²) in [5.41, 5.74) is 1.40. The minimum absolute atomic E-state index is 0.0885. The van der Waals surface area contributed by atoms with E-state index in [0.717, 1.165) is 15.5 Å². The molecule has 0 saturated carbocycles. The van der Waals surface area contributed by atoms with Gasteiger partial charge in [0.05, 0.1) is 30.9 Å². The Balaban J connectivity index is 1.43. The number of aromatic nitrogens is 2. The van der Waals surface area contributed by atoms with Gasteiger partial charge in [-0.3, -0.25) is 0 Å². The molecule has 34 heavy (non-hydrogen) atoms. The van der Waals surface area contributed by atoms with E-state index in [2.05, 4.69) is 31.2 Å². The Bertz CT molecular complexity index is 1360. The van der Waals surface area contributed by atoms with Crippen molar-refractivity contribution in [3.8, 4) is 11.5 Å². The molecule has 2 aliphatic heterocycles. The van der Waals surface area contributed by atoms with E-state index in [-0.39, 0.29) is 13.2 Å². The Morgan fingerprint density at radius 3 is 2.65 bits per heavy atom. The molecule has 5 rings (SSSR count). The molecule has 1 N–H and O–H groups in total. The third-order valence-corrected chi connectivity index (χ3v) is 8.63. The van der Waals surface area contributed by atoms with Crippen molar-refractivity contribution in [1.82, 2.24) is 9.97 Å². The van der Waals surface area contributed by atoms with Gasteiger partial charge in [-0.05, 0) is 40.2 Å². The number of nitrogens with zero attached hydrogens (tertiary/aromatic N) is 2. The van der Waals surface area contributed by atoms with Crippen LogP contribution < -0.4 is 14.8 Å². The molecule has 1 aromatic heterocycles. The molecule has 0 unspecified atom stereocenters. The zero-order valence-corrected chi connectivity index (χ0v) is 21.4. The second-order valence-corrected chi connectivity index (χ2v) is 11.6. The predicted octanol–water partition coefficient (Wildman–Crippen LogP) is 3.76. The van der Waals surface area contributed by atoms with Gasteiger partial charge in [0.2, 0.25) is 0 Å². The van der Waals surface area contributed by atoms with Crippen LogP contribution in [0, 0.1) is 0 Å². The van der Waals surface area contributed by atoms with E-state index in [0.29, 0.717) is 27.9 Å². The molecular formula is C22H21BrClN3O6S. The van der Waals surface area contributed by atoms with Crippen molar-refractivity contribution in [1.29, 1.82) is 0 Å². The fraction of sp³-hybridized carbons (Fsp3) is 0.364. The predicted molar refractivity (Wildman–Crippen MR) is 131 cm³/mol. The number of sulfone groups is 1. The molecule has 0 aliphatic carbocycles. The number of nitrogens with one attached hydrogen (secondary N) is 1. The summed E-state index contributed by atoms with van der Waals surface area (Å²) in [5, 5.41) is 3.86. The molecule has 180 valence electrons. The van der Waals surface area contributed by atoms with E-state index < -0.39 is 33.4 Å². The Hall–Kier alpha value is -2.18. The number of halogens is 2. The van der Waals surface area contributed by atoms with Crippen LogP contribution in [0.15, 0.2) is 41.1 Å². The van der Waals surface area contributed by atoms with Crippen molar-refractivity contribution in [2.45, 2.75) is 23.6 Å². The second-order valence-electron chi connectivity index (χ2n) is 8.12. The van der Waals surface area contributed by atoms with Gasteiger partial charge in [0.25, 0.3) is 0 Å². The van der Waals surface area contributed by atoms with E-state index in [9.17, 15) is 8.42 Å². The van der Waals surface area contributed by atoms with Gasteiger partial charge in [-0.15, -0.1) is 0 Å². The molecule has 9 nitrogen and oxygen atoms in total. The first kappa shape index (κ1) is 23.6. The molecule has 2 aromatic carbocycles. The molecule has 0 bridgehead atoms. The lowest BCUT2D eigenvalue weighted by atomic mass is 10.1. The average Bonchev–Trinajstić information content (AvgIpc) is 3.39. The van der Waals surface area contributed by atoms with Gasteiger partial charge in [0.1, 0.15) is 29.6 Å². The van der Waals surface area contributed by atoms with Gasteiger partial charge in [0.15, 0.2) is 27.4 Å². The third-order valence-electron chi connectivity index (χ3n) is 5.89. The highest BCUT2D eigenvalue weighted by molar-refractivity contribution is 9.10. The second kappa shape index (κ2) is 9.12. The maximum atomic E-state index is 12.0. The van der Waals surface area contributed by atoms with Crippen LogP contribution in [0.25, 0.3) is 10.9 Å². The zero-order valence-electron chi connectivity index (χ0n) is 18.2. The minimum atomic E-state index is -3.30. The fourth-order valence-electron chi connectivity index (χ4n) is 4.19. The van der Waals surface area contributed by atoms with Gasteiger partial charge < -0.3 is 24.3 Å². The van der Waals surface area contributed by atoms with E-state index >= 15 is 0 Å². The summed E-state index contributed by atoms with van der Waals surface area (Å²) in [6, 6.07) is 9.05. The van der Waals surface area contributed by atoms with Crippen LogP contribution >= 0.6 is 27.5 Å². The average molecular weight is 571 g/mol. The van der Waals surface area contributed by atoms with Gasteiger partial charge in [-0.25, -0.2) is 18.4 Å². The highest BCUT2D eigenvalue weighted by Crippen LogP contribution is 2.39. The van der Waals surface area contributed by atoms with Crippen molar-refractivity contribution >= 4 is 59.8 Å². The summed E-state index contributed by atoms with van der Waals surface area (Å²) < 4.78 is 48.1. The molecule has 2 saturated heterocycles. The summed E-state index contributed by atoms with van der Waals surface area (Å²) in [7, 11) is -1.75. The monoisotopic (exact) mass is 569 g/mol. The van der Waals surface area contributed by atoms with Crippen molar-refractivity contribution < 1.29 is 27.4 Å². The molecule has 0 radical (unpaired) electrons. The number of anilines is 2. The van der Waals surface area contributed by atoms with E-state index in [1.54, 1.807) is 25.3 Å². The minimum Gasteiger partial charge on any atom is -0.493 e. The molecule has 3 aromatic rings. The van der Waals surface area contributed by atoms with Crippen LogP contribution in [-0.2, 0) is 19.3 Å². The summed E-state index contributed by atoms with van der Waals surface area (Å²) in [6.07, 6.45) is 1.13. The number of fused-ring (bicyclic) bond motifs is 2. The molecule has 2 fully saturated rings. The molecule has 12 heteroatoms. The molecular weight excluding hydrogens is 550 g/mol. The van der Waals surface area contributed by atoms with Crippen molar-refractivity contribution in [2.75, 3.05) is 31.9 Å². The number of hydrogen-bond donors (Lipinski definition) is 1. The lowest BCUT2D eigenvalue weighted by Gasteiger charge is -2.20.